The Kier molecular flexibility index (Phi) is 9.28. The Labute approximate surface area is 207 Å². The molecule has 0 radical (unpaired) electrons. The number of hydrogen-bond donors (Lipinski definition) is 1. The molecule has 0 aliphatic carbocycles. The quantitative estimate of drug-likeness (QED) is 0.364. The predicted molar refractivity (Wildman–Crippen MR) is 141 cm³/mol. The van der Waals surface area contributed by atoms with Gasteiger partial charge in [-0.3, -0.25) is 4.79 Å². The lowest BCUT2D eigenvalue weighted by atomic mass is 10.1. The lowest BCUT2D eigenvalue weighted by Crippen LogP contribution is -2.45. The molecule has 5 nitrogen and oxygen atoms in total. The summed E-state index contributed by atoms with van der Waals surface area (Å²) in [5.74, 6) is 0.233. The Morgan fingerprint density at radius 3 is 2.24 bits per heavy atom. The largest absolute Gasteiger partial charge is 0.332 e. The van der Waals surface area contributed by atoms with Gasteiger partial charge < -0.3 is 15.1 Å². The van der Waals surface area contributed by atoms with Crippen LogP contribution in [0.15, 0.2) is 66.7 Å². The molecule has 0 spiro atoms. The average molecular weight is 478 g/mol. The fourth-order valence-electron chi connectivity index (χ4n) is 3.62. The van der Waals surface area contributed by atoms with Crippen LogP contribution in [0.1, 0.15) is 41.1 Å². The van der Waals surface area contributed by atoms with Gasteiger partial charge in [0.25, 0.3) is 0 Å². The van der Waals surface area contributed by atoms with Crippen LogP contribution in [0.3, 0.4) is 0 Å². The number of aryl methyl sites for hydroxylation is 2. The maximum atomic E-state index is 13.5. The molecule has 0 aliphatic rings. The molecule has 1 unspecified atom stereocenters. The van der Waals surface area contributed by atoms with Crippen LogP contribution >= 0.6 is 11.3 Å². The van der Waals surface area contributed by atoms with E-state index in [0.29, 0.717) is 25.6 Å². The van der Waals surface area contributed by atoms with Gasteiger partial charge in [-0.1, -0.05) is 68.3 Å². The summed E-state index contributed by atoms with van der Waals surface area (Å²) < 4.78 is 0. The van der Waals surface area contributed by atoms with E-state index in [2.05, 4.69) is 38.2 Å². The molecule has 1 N–H and O–H groups in total. The Morgan fingerprint density at radius 1 is 0.912 bits per heavy atom. The Bertz CT molecular complexity index is 1060. The van der Waals surface area contributed by atoms with Crippen LogP contribution in [-0.2, 0) is 17.9 Å². The molecule has 3 rings (SSSR count). The van der Waals surface area contributed by atoms with Gasteiger partial charge in [-0.05, 0) is 49.6 Å². The van der Waals surface area contributed by atoms with Crippen LogP contribution in [0.4, 0.5) is 10.5 Å². The minimum absolute atomic E-state index is 0.0409. The number of carbonyl (C=O) groups is 2. The molecule has 6 heteroatoms. The van der Waals surface area contributed by atoms with Gasteiger partial charge in [0, 0.05) is 28.5 Å². The van der Waals surface area contributed by atoms with Crippen molar-refractivity contribution in [3.05, 3.63) is 87.6 Å². The molecule has 1 aromatic heterocycles. The maximum Gasteiger partial charge on any atom is 0.322 e. The molecule has 0 saturated carbocycles. The fraction of sp³-hybridized carbons (Fsp3) is 0.357. The number of carbonyl (C=O) groups excluding carboxylic acids is 2. The van der Waals surface area contributed by atoms with Gasteiger partial charge in [-0.2, -0.15) is 0 Å². The van der Waals surface area contributed by atoms with Crippen molar-refractivity contribution in [2.75, 3.05) is 18.4 Å². The van der Waals surface area contributed by atoms with Crippen molar-refractivity contribution >= 4 is 29.0 Å². The normalized spacial score (nSPS) is 11.6. The molecule has 3 aromatic rings. The lowest BCUT2D eigenvalue weighted by Gasteiger charge is -2.29. The highest BCUT2D eigenvalue weighted by atomic mass is 32.1. The van der Waals surface area contributed by atoms with Crippen molar-refractivity contribution in [3.8, 4) is 0 Å². The number of thiophene rings is 1. The number of anilines is 1. The third-order valence-corrected chi connectivity index (χ3v) is 6.84. The number of amides is 3. The standard InChI is InChI=1S/C28H35N3O2S/c1-5-21(2)17-31(28(33)29-25-14-11-22(3)12-15-25)20-27(32)30(18-24-9-7-6-8-10-24)19-26-16-13-23(4)34-26/h6-16,21H,5,17-20H2,1-4H3,(H,29,33). The second kappa shape index (κ2) is 12.4. The molecule has 0 aliphatic heterocycles. The highest BCUT2D eigenvalue weighted by Gasteiger charge is 2.23. The number of urea groups is 1. The number of nitrogens with zero attached hydrogens (tertiary/aromatic N) is 2. The summed E-state index contributed by atoms with van der Waals surface area (Å²) in [6.07, 6.45) is 0.935. The first-order chi connectivity index (χ1) is 16.3. The van der Waals surface area contributed by atoms with E-state index in [9.17, 15) is 9.59 Å². The molecule has 34 heavy (non-hydrogen) atoms. The first kappa shape index (κ1) is 25.5. The van der Waals surface area contributed by atoms with Crippen molar-refractivity contribution < 1.29 is 9.59 Å². The molecule has 180 valence electrons. The molecular weight excluding hydrogens is 442 g/mol. The van der Waals surface area contributed by atoms with Gasteiger partial charge in [0.1, 0.15) is 6.54 Å². The van der Waals surface area contributed by atoms with Gasteiger partial charge in [0.05, 0.1) is 6.54 Å². The number of nitrogens with one attached hydrogen (secondary N) is 1. The first-order valence-electron chi connectivity index (χ1n) is 11.8. The van der Waals surface area contributed by atoms with E-state index in [1.807, 2.05) is 66.4 Å². The summed E-state index contributed by atoms with van der Waals surface area (Å²) in [6, 6.07) is 21.6. The molecule has 0 fully saturated rings. The molecule has 1 atom stereocenters. The minimum atomic E-state index is -0.246. The Balaban J connectivity index is 1.77. The summed E-state index contributed by atoms with van der Waals surface area (Å²) in [4.78, 5) is 32.6. The van der Waals surface area contributed by atoms with E-state index < -0.39 is 0 Å². The lowest BCUT2D eigenvalue weighted by molar-refractivity contribution is -0.133. The van der Waals surface area contributed by atoms with Crippen molar-refractivity contribution in [1.82, 2.24) is 9.80 Å². The smallest absolute Gasteiger partial charge is 0.322 e. The van der Waals surface area contributed by atoms with Gasteiger partial charge in [0.15, 0.2) is 0 Å². The van der Waals surface area contributed by atoms with Crippen molar-refractivity contribution in [3.63, 3.8) is 0 Å². The maximum absolute atomic E-state index is 13.5. The van der Waals surface area contributed by atoms with Crippen LogP contribution in [-0.4, -0.2) is 34.8 Å². The van der Waals surface area contributed by atoms with Crippen molar-refractivity contribution in [2.45, 2.75) is 47.2 Å². The molecule has 2 aromatic carbocycles. The van der Waals surface area contributed by atoms with Crippen LogP contribution in [0.5, 0.6) is 0 Å². The van der Waals surface area contributed by atoms with Crippen LogP contribution in [0.2, 0.25) is 0 Å². The summed E-state index contributed by atoms with van der Waals surface area (Å²) in [6.45, 7) is 9.89. The van der Waals surface area contributed by atoms with E-state index >= 15 is 0 Å². The van der Waals surface area contributed by atoms with E-state index in [1.165, 1.54) is 4.88 Å². The zero-order valence-electron chi connectivity index (χ0n) is 20.6. The van der Waals surface area contributed by atoms with E-state index in [-0.39, 0.29) is 18.5 Å². The zero-order chi connectivity index (χ0) is 24.5. The summed E-state index contributed by atoms with van der Waals surface area (Å²) in [7, 11) is 0. The van der Waals surface area contributed by atoms with Crippen molar-refractivity contribution in [1.29, 1.82) is 0 Å². The van der Waals surface area contributed by atoms with Gasteiger partial charge in [-0.15, -0.1) is 11.3 Å². The highest BCUT2D eigenvalue weighted by Crippen LogP contribution is 2.19. The zero-order valence-corrected chi connectivity index (χ0v) is 21.4. The molecule has 0 bridgehead atoms. The fourth-order valence-corrected chi connectivity index (χ4v) is 4.53. The molecule has 1 heterocycles. The number of benzene rings is 2. The van der Waals surface area contributed by atoms with Crippen LogP contribution in [0, 0.1) is 19.8 Å². The summed E-state index contributed by atoms with van der Waals surface area (Å²) in [5, 5.41) is 2.96. The van der Waals surface area contributed by atoms with E-state index in [0.717, 1.165) is 28.1 Å². The molecule has 0 saturated heterocycles. The topological polar surface area (TPSA) is 52.7 Å². The summed E-state index contributed by atoms with van der Waals surface area (Å²) in [5.41, 5.74) is 2.93. The number of hydrogen-bond acceptors (Lipinski definition) is 3. The second-order valence-corrected chi connectivity index (χ2v) is 10.3. The monoisotopic (exact) mass is 477 g/mol. The second-order valence-electron chi connectivity index (χ2n) is 8.94. The third kappa shape index (κ3) is 7.73. The Morgan fingerprint density at radius 2 is 1.62 bits per heavy atom. The predicted octanol–water partition coefficient (Wildman–Crippen LogP) is 6.47. The SMILES string of the molecule is CCC(C)CN(CC(=O)N(Cc1ccccc1)Cc1ccc(C)s1)C(=O)Nc1ccc(C)cc1. The van der Waals surface area contributed by atoms with Crippen LogP contribution in [0.25, 0.3) is 0 Å². The van der Waals surface area contributed by atoms with Gasteiger partial charge >= 0.3 is 6.03 Å². The molecular formula is C28H35N3O2S. The highest BCUT2D eigenvalue weighted by molar-refractivity contribution is 7.11. The third-order valence-electron chi connectivity index (χ3n) is 5.86. The summed E-state index contributed by atoms with van der Waals surface area (Å²) >= 11 is 1.70. The van der Waals surface area contributed by atoms with E-state index in [1.54, 1.807) is 16.2 Å². The number of rotatable bonds is 10. The van der Waals surface area contributed by atoms with Gasteiger partial charge in [0.2, 0.25) is 5.91 Å². The minimum Gasteiger partial charge on any atom is -0.332 e. The van der Waals surface area contributed by atoms with Gasteiger partial charge in [-0.25, -0.2) is 4.79 Å². The van der Waals surface area contributed by atoms with E-state index in [4.69, 9.17) is 0 Å². The Hall–Kier alpha value is -3.12. The first-order valence-corrected chi connectivity index (χ1v) is 12.6. The average Bonchev–Trinajstić information content (AvgIpc) is 3.24. The molecule has 3 amide bonds. The van der Waals surface area contributed by atoms with Crippen LogP contribution < -0.4 is 5.32 Å². The van der Waals surface area contributed by atoms with Crippen molar-refractivity contribution in [2.24, 2.45) is 5.92 Å².